The molecule has 0 spiro atoms. The highest BCUT2D eigenvalue weighted by Crippen LogP contribution is 2.39. The molecule has 0 aromatic carbocycles. The molecule has 0 radical (unpaired) electrons. The second-order valence-corrected chi connectivity index (χ2v) is 22.8. The maximum absolute atomic E-state index is 13.5. The van der Waals surface area contributed by atoms with Crippen molar-refractivity contribution in [2.24, 2.45) is 0 Å². The van der Waals surface area contributed by atoms with Crippen LogP contribution in [0.2, 0.25) is 0 Å². The number of carbonyl (C=O) groups is 12. The van der Waals surface area contributed by atoms with E-state index in [0.717, 1.165) is 109 Å². The molecule has 0 unspecified atom stereocenters. The first kappa shape index (κ1) is 78.6. The monoisotopic (exact) mass is 1360 g/mol. The summed E-state index contributed by atoms with van der Waals surface area (Å²) >= 11 is 0. The average molecular weight is 1360 g/mol. The zero-order valence-electron chi connectivity index (χ0n) is 53.7. The van der Waals surface area contributed by atoms with Crippen molar-refractivity contribution in [2.45, 2.75) is 251 Å². The molecule has 4 rings (SSSR count). The van der Waals surface area contributed by atoms with Gasteiger partial charge in [0.05, 0.1) is 6.61 Å². The van der Waals surface area contributed by atoms with E-state index in [4.69, 9.17) is 89.4 Å². The number of hydrogen-bond donors (Lipinski definition) is 3. The van der Waals surface area contributed by atoms with Gasteiger partial charge in [-0.2, -0.15) is 8.42 Å². The van der Waals surface area contributed by atoms with E-state index in [1.807, 2.05) is 0 Å². The van der Waals surface area contributed by atoms with E-state index in [1.54, 1.807) is 0 Å². The molecule has 20 atom stereocenters. The normalized spacial score (nSPS) is 30.9. The average Bonchev–Trinajstić information content (AvgIpc) is 0.769. The molecule has 4 aliphatic rings. The summed E-state index contributed by atoms with van der Waals surface area (Å²) < 4.78 is 147. The molecule has 0 bridgehead atoms. The van der Waals surface area contributed by atoms with Crippen LogP contribution in [0.5, 0.6) is 0 Å². The molecule has 37 heteroatoms. The predicted molar refractivity (Wildman–Crippen MR) is 300 cm³/mol. The molecule has 528 valence electrons. The number of carbonyl (C=O) groups excluding carboxylic acids is 12. The van der Waals surface area contributed by atoms with Crippen LogP contribution in [-0.4, -0.2) is 240 Å². The molecule has 4 fully saturated rings. The summed E-state index contributed by atoms with van der Waals surface area (Å²) in [6, 6.07) is -3.56. The van der Waals surface area contributed by atoms with Gasteiger partial charge in [-0.05, 0) is 6.42 Å². The topological polar surface area (TPSA) is 459 Å². The molecule has 0 aromatic rings. The summed E-state index contributed by atoms with van der Waals surface area (Å²) in [5.41, 5.74) is 0. The third-order valence-electron chi connectivity index (χ3n) is 13.7. The number of ether oxygens (including phenoxy) is 18. The van der Waals surface area contributed by atoms with E-state index in [0.29, 0.717) is 12.8 Å². The van der Waals surface area contributed by atoms with Gasteiger partial charge in [0, 0.05) is 89.7 Å². The molecular formula is C56H84N2O34S. The number of esters is 10. The van der Waals surface area contributed by atoms with E-state index in [2.05, 4.69) is 17.6 Å². The first-order valence-electron chi connectivity index (χ1n) is 29.6. The number of rotatable bonds is 32. The second kappa shape index (κ2) is 37.3. The SMILES string of the molecule is CCCCCCCCO[C@H]1O[C@H](COC(C)=O)[C@H](OC(C)=O)[C@H](O[C@@H]2O[C@H](COC(C)=O)[C@H](OC(C)=O)[C@H](O[C@@H]3O[C@H](COS(=O)(=O)O)[C@@H](O[C@@H]4O[C@H](COC(C)=O)[C@H](OC(C)=O)[C@H](OC(C)=O)[C@H]4OC(C)=O)[C@H](OC(C)=O)[C@H]3NC(C)=O)[C@H]2OC(C)=O)[C@H]1NC(C)=O. The molecule has 4 saturated heterocycles. The van der Waals surface area contributed by atoms with Gasteiger partial charge in [0.25, 0.3) is 0 Å². The minimum atomic E-state index is -5.53. The molecule has 4 aliphatic heterocycles. The van der Waals surface area contributed by atoms with Gasteiger partial charge in [0.15, 0.2) is 67.9 Å². The maximum atomic E-state index is 13.5. The Kier molecular flexibility index (Phi) is 31.6. The van der Waals surface area contributed by atoms with Crippen molar-refractivity contribution in [3.05, 3.63) is 0 Å². The minimum absolute atomic E-state index is 0.00825. The van der Waals surface area contributed by atoms with Crippen LogP contribution in [0.3, 0.4) is 0 Å². The Morgan fingerprint density at radius 1 is 0.355 bits per heavy atom. The van der Waals surface area contributed by atoms with Crippen LogP contribution in [0.4, 0.5) is 0 Å². The van der Waals surface area contributed by atoms with Crippen LogP contribution in [0, 0.1) is 0 Å². The molecular weight excluding hydrogens is 1280 g/mol. The highest BCUT2D eigenvalue weighted by atomic mass is 32.3. The van der Waals surface area contributed by atoms with Crippen LogP contribution in [0.15, 0.2) is 0 Å². The highest BCUT2D eigenvalue weighted by Gasteiger charge is 2.61. The number of hydrogen-bond acceptors (Lipinski definition) is 33. The minimum Gasteiger partial charge on any atom is -0.463 e. The third kappa shape index (κ3) is 25.8. The Morgan fingerprint density at radius 3 is 1.10 bits per heavy atom. The van der Waals surface area contributed by atoms with Gasteiger partial charge in [-0.15, -0.1) is 0 Å². The van der Waals surface area contributed by atoms with E-state index >= 15 is 0 Å². The predicted octanol–water partition coefficient (Wildman–Crippen LogP) is -0.541. The summed E-state index contributed by atoms with van der Waals surface area (Å²) in [6.07, 6.45) is -30.3. The molecule has 2 amide bonds. The molecule has 3 N–H and O–H groups in total. The van der Waals surface area contributed by atoms with Crippen molar-refractivity contribution in [3.8, 4) is 0 Å². The van der Waals surface area contributed by atoms with Crippen LogP contribution in [-0.2, 0) is 157 Å². The lowest BCUT2D eigenvalue weighted by Crippen LogP contribution is -2.71. The van der Waals surface area contributed by atoms with Crippen LogP contribution in [0.25, 0.3) is 0 Å². The van der Waals surface area contributed by atoms with Crippen molar-refractivity contribution in [1.82, 2.24) is 10.6 Å². The standard InChI is InChI=1S/C56H84N2O34S/c1-14-15-16-17-18-19-20-74-53-41(57-25(2)59)48(43(79-30(7)64)37(86-53)21-75-27(4)61)91-56-52(85-36(13)70)50(46(81-32(9)66)39(89-56)23-77-29(6)63)92-54-42(58-26(3)60)47(82-33(10)67)44(40(87-54)24-78-93(71,72)73)90-55-51(84-35(12)69)49(83-34(11)68)45(80-31(8)65)38(88-55)22-76-28(5)62/h37-56H,14-24H2,1-13H3,(H,57,59)(H,58,60)(H,71,72,73)/t37-,38-,39-,40-,41-,42-,43+,44-,45+,46+,47-,48-,49+,50+,51-,52-,53+,54+,55+,56+/m1/s1. The van der Waals surface area contributed by atoms with Crippen molar-refractivity contribution in [3.63, 3.8) is 0 Å². The van der Waals surface area contributed by atoms with Crippen molar-refractivity contribution in [1.29, 1.82) is 0 Å². The zero-order chi connectivity index (χ0) is 69.6. The van der Waals surface area contributed by atoms with Crippen LogP contribution < -0.4 is 10.6 Å². The van der Waals surface area contributed by atoms with Crippen LogP contribution >= 0.6 is 0 Å². The number of unbranched alkanes of at least 4 members (excludes halogenated alkanes) is 5. The number of nitrogens with one attached hydrogen (secondary N) is 2. The summed E-state index contributed by atoms with van der Waals surface area (Å²) in [5, 5.41) is 5.14. The summed E-state index contributed by atoms with van der Waals surface area (Å²) in [5.74, 6) is -12.1. The van der Waals surface area contributed by atoms with Gasteiger partial charge >= 0.3 is 70.1 Å². The Morgan fingerprint density at radius 2 is 0.677 bits per heavy atom. The number of amides is 2. The Hall–Kier alpha value is -6.81. The van der Waals surface area contributed by atoms with Gasteiger partial charge in [0.1, 0.15) is 74.6 Å². The maximum Gasteiger partial charge on any atom is 0.397 e. The van der Waals surface area contributed by atoms with Gasteiger partial charge in [0.2, 0.25) is 11.8 Å². The highest BCUT2D eigenvalue weighted by molar-refractivity contribution is 7.80. The van der Waals surface area contributed by atoms with Crippen LogP contribution in [0.1, 0.15) is 129 Å². The van der Waals surface area contributed by atoms with E-state index in [-0.39, 0.29) is 6.61 Å². The van der Waals surface area contributed by atoms with Gasteiger partial charge < -0.3 is 95.9 Å². The van der Waals surface area contributed by atoms with Gasteiger partial charge in [-0.3, -0.25) is 62.1 Å². The fraction of sp³-hybridized carbons (Fsp3) is 0.786. The zero-order valence-corrected chi connectivity index (χ0v) is 54.5. The van der Waals surface area contributed by atoms with Crippen molar-refractivity contribution < 1.29 is 160 Å². The Bertz CT molecular complexity index is 2710. The fourth-order valence-electron chi connectivity index (χ4n) is 10.4. The lowest BCUT2D eigenvalue weighted by molar-refractivity contribution is -0.377. The Labute approximate surface area is 535 Å². The first-order valence-corrected chi connectivity index (χ1v) is 30.9. The van der Waals surface area contributed by atoms with Crippen molar-refractivity contribution in [2.75, 3.05) is 33.0 Å². The molecule has 0 saturated carbocycles. The summed E-state index contributed by atoms with van der Waals surface area (Å²) in [6.45, 7) is 9.88. The lowest BCUT2D eigenvalue weighted by atomic mass is 9.93. The quantitative estimate of drug-likeness (QED) is 0.0329. The first-order chi connectivity index (χ1) is 43.6. The summed E-state index contributed by atoms with van der Waals surface area (Å²) in [4.78, 5) is 155. The largest absolute Gasteiger partial charge is 0.463 e. The molecule has 36 nitrogen and oxygen atoms in total. The molecule has 0 aromatic heterocycles. The second-order valence-electron chi connectivity index (χ2n) is 21.7. The fourth-order valence-corrected chi connectivity index (χ4v) is 10.7. The van der Waals surface area contributed by atoms with E-state index in [9.17, 15) is 70.5 Å². The molecule has 4 heterocycles. The van der Waals surface area contributed by atoms with E-state index in [1.165, 1.54) is 0 Å². The van der Waals surface area contributed by atoms with Gasteiger partial charge in [-0.1, -0.05) is 39.0 Å². The molecule has 0 aliphatic carbocycles. The van der Waals surface area contributed by atoms with E-state index < -0.39 is 231 Å². The summed E-state index contributed by atoms with van der Waals surface area (Å²) in [7, 11) is -5.53. The lowest BCUT2D eigenvalue weighted by Gasteiger charge is -2.51. The smallest absolute Gasteiger partial charge is 0.397 e. The molecule has 93 heavy (non-hydrogen) atoms. The third-order valence-corrected chi connectivity index (χ3v) is 14.2. The van der Waals surface area contributed by atoms with Crippen molar-refractivity contribution >= 4 is 81.9 Å². The Balaban J connectivity index is 2.05. The van der Waals surface area contributed by atoms with Gasteiger partial charge in [-0.25, -0.2) is 4.18 Å².